The van der Waals surface area contributed by atoms with E-state index in [2.05, 4.69) is 12.1 Å². The normalized spacial score (nSPS) is 9.40. The maximum Gasteiger partial charge on any atom is 0.147 e. The number of halogens is 1. The Balaban J connectivity index is 2.03. The summed E-state index contributed by atoms with van der Waals surface area (Å²) in [6.07, 6.45) is 0. The lowest BCUT2D eigenvalue weighted by Gasteiger charge is -2.05. The average molecular weight is 217 g/mol. The Labute approximate surface area is 94.3 Å². The predicted octanol–water partition coefficient (Wildman–Crippen LogP) is 3.52. The molecule has 2 aromatic rings. The molecule has 0 bridgehead atoms. The second-order valence-corrected chi connectivity index (χ2v) is 3.43. The standard InChI is InChI=1S/C13H9ClO/c14-12-8-4-5-9-13(12)15-10-11-6-2-1-3-7-11/h1-3,5-7,9H,10H2. The molecule has 0 N–H and O–H groups in total. The molecule has 2 aromatic carbocycles. The Morgan fingerprint density at radius 3 is 2.67 bits per heavy atom. The van der Waals surface area contributed by atoms with Crippen molar-refractivity contribution in [2.24, 2.45) is 0 Å². The van der Waals surface area contributed by atoms with Crippen LogP contribution in [0.5, 0.6) is 5.75 Å². The fourth-order valence-electron chi connectivity index (χ4n) is 1.20. The van der Waals surface area contributed by atoms with Crippen molar-refractivity contribution < 1.29 is 4.74 Å². The molecule has 0 aliphatic heterocycles. The number of hydrogen-bond donors (Lipinski definition) is 0. The number of hydrogen-bond acceptors (Lipinski definition) is 1. The van der Waals surface area contributed by atoms with Crippen LogP contribution in [0.15, 0.2) is 42.5 Å². The van der Waals surface area contributed by atoms with Gasteiger partial charge in [-0.1, -0.05) is 48.0 Å². The molecular formula is C13H9ClO. The molecule has 0 heterocycles. The molecule has 2 heteroatoms. The highest BCUT2D eigenvalue weighted by Gasteiger charge is 1.99. The summed E-state index contributed by atoms with van der Waals surface area (Å²) < 4.78 is 5.54. The second kappa shape index (κ2) is 4.72. The molecule has 0 saturated heterocycles. The molecule has 0 aliphatic rings. The van der Waals surface area contributed by atoms with Gasteiger partial charge in [-0.25, -0.2) is 0 Å². The van der Waals surface area contributed by atoms with Crippen LogP contribution < -0.4 is 4.74 Å². The Morgan fingerprint density at radius 2 is 1.93 bits per heavy atom. The number of ether oxygens (including phenoxy) is 1. The van der Waals surface area contributed by atoms with Crippen molar-refractivity contribution >= 4 is 11.6 Å². The first kappa shape index (κ1) is 9.89. The quantitative estimate of drug-likeness (QED) is 0.763. The van der Waals surface area contributed by atoms with Crippen LogP contribution in [-0.4, -0.2) is 0 Å². The molecule has 0 aliphatic carbocycles. The van der Waals surface area contributed by atoms with E-state index < -0.39 is 0 Å². The number of benzene rings is 1. The van der Waals surface area contributed by atoms with Crippen molar-refractivity contribution in [1.29, 1.82) is 0 Å². The van der Waals surface area contributed by atoms with Crippen LogP contribution in [-0.2, 0) is 6.61 Å². The van der Waals surface area contributed by atoms with E-state index in [1.165, 1.54) is 0 Å². The molecule has 0 atom stereocenters. The van der Waals surface area contributed by atoms with Crippen molar-refractivity contribution in [3.8, 4) is 5.75 Å². The highest BCUT2D eigenvalue weighted by molar-refractivity contribution is 6.31. The van der Waals surface area contributed by atoms with Gasteiger partial charge in [0.1, 0.15) is 17.4 Å². The first-order valence-corrected chi connectivity index (χ1v) is 4.98. The third-order valence-corrected chi connectivity index (χ3v) is 2.23. The van der Waals surface area contributed by atoms with Crippen molar-refractivity contribution in [2.45, 2.75) is 6.61 Å². The highest BCUT2D eigenvalue weighted by Crippen LogP contribution is 2.21. The van der Waals surface area contributed by atoms with Gasteiger partial charge in [0.05, 0.1) is 0 Å². The Hall–Kier alpha value is -1.65. The fraction of sp³-hybridized carbons (Fsp3) is 0.0769. The molecular weight excluding hydrogens is 208 g/mol. The molecule has 74 valence electrons. The van der Waals surface area contributed by atoms with Gasteiger partial charge in [-0.15, -0.1) is 0 Å². The topological polar surface area (TPSA) is 9.23 Å². The molecule has 2 rings (SSSR count). The van der Waals surface area contributed by atoms with Gasteiger partial charge in [0.15, 0.2) is 0 Å². The van der Waals surface area contributed by atoms with E-state index in [0.717, 1.165) is 5.56 Å². The summed E-state index contributed by atoms with van der Waals surface area (Å²) >= 11 is 5.88. The van der Waals surface area contributed by atoms with Gasteiger partial charge in [-0.2, -0.15) is 0 Å². The predicted molar refractivity (Wildman–Crippen MR) is 59.9 cm³/mol. The monoisotopic (exact) mass is 216 g/mol. The van der Waals surface area contributed by atoms with Gasteiger partial charge >= 0.3 is 0 Å². The summed E-state index contributed by atoms with van der Waals surface area (Å²) in [5, 5.41) is 0.466. The lowest BCUT2D eigenvalue weighted by atomic mass is 10.2. The summed E-state index contributed by atoms with van der Waals surface area (Å²) in [5.74, 6) is 0.638. The van der Waals surface area contributed by atoms with Crippen LogP contribution >= 0.6 is 11.6 Å². The van der Waals surface area contributed by atoms with Gasteiger partial charge < -0.3 is 4.74 Å². The molecule has 0 aromatic heterocycles. The highest BCUT2D eigenvalue weighted by atomic mass is 35.5. The van der Waals surface area contributed by atoms with Crippen molar-refractivity contribution in [3.05, 3.63) is 65.2 Å². The molecule has 0 radical (unpaired) electrons. The van der Waals surface area contributed by atoms with E-state index in [0.29, 0.717) is 17.4 Å². The summed E-state index contributed by atoms with van der Waals surface area (Å²) in [6.45, 7) is 0.512. The lowest BCUT2D eigenvalue weighted by molar-refractivity contribution is 0.306. The molecule has 1 nitrogen and oxygen atoms in total. The van der Waals surface area contributed by atoms with Crippen molar-refractivity contribution in [2.75, 3.05) is 0 Å². The van der Waals surface area contributed by atoms with E-state index in [1.54, 1.807) is 12.1 Å². The summed E-state index contributed by atoms with van der Waals surface area (Å²) in [7, 11) is 0. The van der Waals surface area contributed by atoms with Gasteiger partial charge in [-0.3, -0.25) is 0 Å². The van der Waals surface area contributed by atoms with E-state index in [-0.39, 0.29) is 0 Å². The number of rotatable bonds is 3. The maximum atomic E-state index is 5.88. The first-order chi connectivity index (χ1) is 7.36. The molecule has 0 spiro atoms. The third-order valence-electron chi connectivity index (χ3n) is 1.95. The zero-order valence-corrected chi connectivity index (χ0v) is 8.79. The van der Waals surface area contributed by atoms with E-state index in [9.17, 15) is 0 Å². The maximum absolute atomic E-state index is 5.88. The van der Waals surface area contributed by atoms with Crippen LogP contribution in [0, 0.1) is 12.1 Å². The summed E-state index contributed by atoms with van der Waals surface area (Å²) in [6, 6.07) is 19.0. The van der Waals surface area contributed by atoms with Gasteiger partial charge in [0, 0.05) is 0 Å². The summed E-state index contributed by atoms with van der Waals surface area (Å²) in [5.41, 5.74) is 1.11. The fourth-order valence-corrected chi connectivity index (χ4v) is 1.38. The van der Waals surface area contributed by atoms with Gasteiger partial charge in [-0.05, 0) is 23.8 Å². The first-order valence-electron chi connectivity index (χ1n) is 4.61. The lowest BCUT2D eigenvalue weighted by Crippen LogP contribution is -1.94. The van der Waals surface area contributed by atoms with Crippen LogP contribution in [0.1, 0.15) is 5.56 Å². The molecule has 0 amide bonds. The second-order valence-electron chi connectivity index (χ2n) is 3.06. The minimum atomic E-state index is 0.466. The van der Waals surface area contributed by atoms with Crippen molar-refractivity contribution in [1.82, 2.24) is 0 Å². The summed E-state index contributed by atoms with van der Waals surface area (Å²) in [4.78, 5) is 0. The molecule has 15 heavy (non-hydrogen) atoms. The van der Waals surface area contributed by atoms with Crippen LogP contribution in [0.4, 0.5) is 0 Å². The van der Waals surface area contributed by atoms with E-state index in [4.69, 9.17) is 16.3 Å². The minimum absolute atomic E-state index is 0.466. The van der Waals surface area contributed by atoms with E-state index >= 15 is 0 Å². The largest absolute Gasteiger partial charge is 0.487 e. The smallest absolute Gasteiger partial charge is 0.147 e. The van der Waals surface area contributed by atoms with Crippen molar-refractivity contribution in [3.63, 3.8) is 0 Å². The van der Waals surface area contributed by atoms with Crippen LogP contribution in [0.2, 0.25) is 5.02 Å². The Morgan fingerprint density at radius 1 is 1.13 bits per heavy atom. The minimum Gasteiger partial charge on any atom is -0.487 e. The molecule has 0 unspecified atom stereocenters. The third kappa shape index (κ3) is 2.65. The van der Waals surface area contributed by atoms with Crippen LogP contribution in [0.25, 0.3) is 0 Å². The average Bonchev–Trinajstić information content (AvgIpc) is 2.29. The van der Waals surface area contributed by atoms with Gasteiger partial charge in [0.25, 0.3) is 0 Å². The molecule has 0 fully saturated rings. The van der Waals surface area contributed by atoms with E-state index in [1.807, 2.05) is 30.3 Å². The van der Waals surface area contributed by atoms with Crippen LogP contribution in [0.3, 0.4) is 0 Å². The molecule has 0 saturated carbocycles. The van der Waals surface area contributed by atoms with Gasteiger partial charge in [0.2, 0.25) is 0 Å². The Bertz CT molecular complexity index is 426. The SMILES string of the molecule is Clc1c#cccc1OCc1ccccc1. The zero-order valence-electron chi connectivity index (χ0n) is 8.03. The zero-order chi connectivity index (χ0) is 10.5. The Kier molecular flexibility index (Phi) is 3.11.